The minimum atomic E-state index is -4.00. The molecule has 3 N–H and O–H groups in total. The Labute approximate surface area is 125 Å². The number of sulfonamides is 1. The summed E-state index contributed by atoms with van der Waals surface area (Å²) in [7, 11) is -4.00. The van der Waals surface area contributed by atoms with E-state index in [-0.39, 0.29) is 27.2 Å². The van der Waals surface area contributed by atoms with Crippen molar-refractivity contribution in [2.75, 3.05) is 13.2 Å². The normalized spacial score (nSPS) is 10.7. The molecule has 1 aromatic carbocycles. The Morgan fingerprint density at radius 2 is 2.05 bits per heavy atom. The number of primary sulfonamides is 1. The van der Waals surface area contributed by atoms with E-state index in [1.165, 1.54) is 6.07 Å². The number of rotatable bonds is 5. The summed E-state index contributed by atoms with van der Waals surface area (Å²) in [5.74, 6) is -0.509. The van der Waals surface area contributed by atoms with Crippen LogP contribution in [-0.4, -0.2) is 27.5 Å². The van der Waals surface area contributed by atoms with E-state index >= 15 is 0 Å². The van der Waals surface area contributed by atoms with Gasteiger partial charge in [0.15, 0.2) is 6.61 Å². The van der Waals surface area contributed by atoms with Crippen molar-refractivity contribution in [1.29, 1.82) is 5.26 Å². The summed E-state index contributed by atoms with van der Waals surface area (Å²) in [6.45, 7) is -0.548. The molecule has 7 nitrogen and oxygen atoms in total. The lowest BCUT2D eigenvalue weighted by Gasteiger charge is -2.10. The lowest BCUT2D eigenvalue weighted by atomic mass is 10.3. The Kier molecular flexibility index (Phi) is 5.59. The smallest absolute Gasteiger partial charge is 0.258 e. The first-order valence-corrected chi connectivity index (χ1v) is 7.35. The van der Waals surface area contributed by atoms with E-state index in [2.05, 4.69) is 5.32 Å². The molecule has 0 heterocycles. The van der Waals surface area contributed by atoms with Gasteiger partial charge < -0.3 is 10.1 Å². The zero-order valence-corrected chi connectivity index (χ0v) is 12.2. The minimum Gasteiger partial charge on any atom is -0.482 e. The summed E-state index contributed by atoms with van der Waals surface area (Å²) in [6.07, 6.45) is 0. The molecule has 20 heavy (non-hydrogen) atoms. The van der Waals surface area contributed by atoms with Crippen LogP contribution in [-0.2, 0) is 14.8 Å². The third-order valence-corrected chi connectivity index (χ3v) is 3.97. The number of carbonyl (C=O) groups is 1. The Morgan fingerprint density at radius 1 is 1.40 bits per heavy atom. The van der Waals surface area contributed by atoms with Crippen LogP contribution in [0, 0.1) is 11.3 Å². The van der Waals surface area contributed by atoms with Crippen LogP contribution in [0.5, 0.6) is 5.75 Å². The van der Waals surface area contributed by atoms with E-state index in [4.69, 9.17) is 38.3 Å². The molecule has 1 aromatic rings. The van der Waals surface area contributed by atoms with Crippen LogP contribution in [0.1, 0.15) is 0 Å². The maximum Gasteiger partial charge on any atom is 0.258 e. The quantitative estimate of drug-likeness (QED) is 0.764. The van der Waals surface area contributed by atoms with Gasteiger partial charge in [-0.2, -0.15) is 5.26 Å². The van der Waals surface area contributed by atoms with Gasteiger partial charge in [0.05, 0.1) is 11.1 Å². The second-order valence-electron chi connectivity index (χ2n) is 3.46. The number of halogens is 2. The molecule has 108 valence electrons. The van der Waals surface area contributed by atoms with E-state index in [0.717, 1.165) is 6.07 Å². The standard InChI is InChI=1S/C10H9Cl2N3O4S/c11-9-6(19-5-8(16)15-4-3-13)1-2-7(10(9)12)20(14,17)18/h1-2H,4-5H2,(H,15,16)(H2,14,17,18). The number of hydrogen-bond donors (Lipinski definition) is 2. The Balaban J connectivity index is 2.87. The van der Waals surface area contributed by atoms with Crippen LogP contribution in [0.15, 0.2) is 17.0 Å². The van der Waals surface area contributed by atoms with Gasteiger partial charge in [0.2, 0.25) is 10.0 Å². The van der Waals surface area contributed by atoms with Crippen molar-refractivity contribution < 1.29 is 17.9 Å². The fourth-order valence-corrected chi connectivity index (χ4v) is 2.54. The fourth-order valence-electron chi connectivity index (χ4n) is 1.18. The molecule has 0 saturated heterocycles. The lowest BCUT2D eigenvalue weighted by molar-refractivity contribution is -0.122. The molecule has 0 saturated carbocycles. The zero-order chi connectivity index (χ0) is 15.3. The average Bonchev–Trinajstić information content (AvgIpc) is 2.36. The van der Waals surface area contributed by atoms with Crippen LogP contribution in [0.25, 0.3) is 0 Å². The summed E-state index contributed by atoms with van der Waals surface area (Å²) < 4.78 is 27.5. The molecule has 0 aliphatic rings. The second kappa shape index (κ2) is 6.76. The van der Waals surface area contributed by atoms with E-state index in [1.54, 1.807) is 6.07 Å². The third kappa shape index (κ3) is 4.25. The number of benzene rings is 1. The molecule has 1 amide bonds. The summed E-state index contributed by atoms with van der Waals surface area (Å²) in [5.41, 5.74) is 0. The number of ether oxygens (including phenoxy) is 1. The minimum absolute atomic E-state index is 0.0242. The maximum atomic E-state index is 11.2. The highest BCUT2D eigenvalue weighted by Gasteiger charge is 2.19. The van der Waals surface area contributed by atoms with Crippen LogP contribution in [0.2, 0.25) is 10.0 Å². The Hall–Kier alpha value is -1.53. The second-order valence-corrected chi connectivity index (χ2v) is 5.74. The molecule has 0 aliphatic carbocycles. The van der Waals surface area contributed by atoms with E-state index < -0.39 is 22.5 Å². The molecule has 0 fully saturated rings. The summed E-state index contributed by atoms with van der Waals surface area (Å²) in [4.78, 5) is 10.9. The van der Waals surface area contributed by atoms with Crippen molar-refractivity contribution in [3.63, 3.8) is 0 Å². The average molecular weight is 338 g/mol. The Morgan fingerprint density at radius 3 is 2.60 bits per heavy atom. The molecule has 0 aliphatic heterocycles. The van der Waals surface area contributed by atoms with Gasteiger partial charge in [-0.25, -0.2) is 13.6 Å². The first-order chi connectivity index (χ1) is 9.27. The first kappa shape index (κ1) is 16.5. The molecule has 0 spiro atoms. The Bertz CT molecular complexity index is 670. The van der Waals surface area contributed by atoms with Crippen LogP contribution < -0.4 is 15.2 Å². The predicted molar refractivity (Wildman–Crippen MR) is 72.0 cm³/mol. The topological polar surface area (TPSA) is 122 Å². The van der Waals surface area contributed by atoms with Gasteiger partial charge in [0.25, 0.3) is 5.91 Å². The summed E-state index contributed by atoms with van der Waals surface area (Å²) >= 11 is 11.6. The van der Waals surface area contributed by atoms with Crippen LogP contribution in [0.3, 0.4) is 0 Å². The fraction of sp³-hybridized carbons (Fsp3) is 0.200. The van der Waals surface area contributed by atoms with Gasteiger partial charge in [-0.05, 0) is 12.1 Å². The molecule has 10 heteroatoms. The van der Waals surface area contributed by atoms with Gasteiger partial charge in [0.1, 0.15) is 22.2 Å². The van der Waals surface area contributed by atoms with Crippen LogP contribution in [0.4, 0.5) is 0 Å². The molecular formula is C10H9Cl2N3O4S. The van der Waals surface area contributed by atoms with E-state index in [0.29, 0.717) is 0 Å². The number of nitrogens with one attached hydrogen (secondary N) is 1. The van der Waals surface area contributed by atoms with Crippen molar-refractivity contribution >= 4 is 39.1 Å². The number of carbonyl (C=O) groups excluding carboxylic acids is 1. The summed E-state index contributed by atoms with van der Waals surface area (Å²) in [5, 5.41) is 15.0. The van der Waals surface area contributed by atoms with Crippen molar-refractivity contribution in [2.24, 2.45) is 5.14 Å². The lowest BCUT2D eigenvalue weighted by Crippen LogP contribution is -2.29. The van der Waals surface area contributed by atoms with E-state index in [9.17, 15) is 13.2 Å². The summed E-state index contributed by atoms with van der Waals surface area (Å²) in [6, 6.07) is 4.07. The molecular weight excluding hydrogens is 329 g/mol. The molecule has 0 radical (unpaired) electrons. The number of hydrogen-bond acceptors (Lipinski definition) is 5. The first-order valence-electron chi connectivity index (χ1n) is 5.04. The predicted octanol–water partition coefficient (Wildman–Crippen LogP) is 0.659. The third-order valence-electron chi connectivity index (χ3n) is 2.04. The SMILES string of the molecule is N#CCNC(=O)COc1ccc(S(N)(=O)=O)c(Cl)c1Cl. The number of nitriles is 1. The van der Waals surface area contributed by atoms with Gasteiger partial charge in [-0.3, -0.25) is 4.79 Å². The van der Waals surface area contributed by atoms with Gasteiger partial charge in [-0.1, -0.05) is 23.2 Å². The highest BCUT2D eigenvalue weighted by molar-refractivity contribution is 7.89. The monoisotopic (exact) mass is 337 g/mol. The number of nitrogens with zero attached hydrogens (tertiary/aromatic N) is 1. The molecule has 0 unspecified atom stereocenters. The number of amides is 1. The van der Waals surface area contributed by atoms with Crippen molar-refractivity contribution in [2.45, 2.75) is 4.90 Å². The largest absolute Gasteiger partial charge is 0.482 e. The molecule has 0 bridgehead atoms. The highest BCUT2D eigenvalue weighted by Crippen LogP contribution is 2.36. The van der Waals surface area contributed by atoms with Crippen molar-refractivity contribution in [1.82, 2.24) is 5.32 Å². The number of nitrogens with two attached hydrogens (primary N) is 1. The van der Waals surface area contributed by atoms with Gasteiger partial charge >= 0.3 is 0 Å². The van der Waals surface area contributed by atoms with E-state index in [1.807, 2.05) is 0 Å². The van der Waals surface area contributed by atoms with Gasteiger partial charge in [-0.15, -0.1) is 0 Å². The maximum absolute atomic E-state index is 11.2. The highest BCUT2D eigenvalue weighted by atomic mass is 35.5. The zero-order valence-electron chi connectivity index (χ0n) is 9.89. The van der Waals surface area contributed by atoms with Crippen molar-refractivity contribution in [3.05, 3.63) is 22.2 Å². The van der Waals surface area contributed by atoms with Crippen molar-refractivity contribution in [3.8, 4) is 11.8 Å². The molecule has 0 atom stereocenters. The molecule has 0 aromatic heterocycles. The molecule has 1 rings (SSSR count). The van der Waals surface area contributed by atoms with Crippen LogP contribution >= 0.6 is 23.2 Å². The van der Waals surface area contributed by atoms with Gasteiger partial charge in [0, 0.05) is 0 Å².